The van der Waals surface area contributed by atoms with Crippen molar-refractivity contribution in [2.75, 3.05) is 7.05 Å². The Labute approximate surface area is 93.1 Å². The van der Waals surface area contributed by atoms with Crippen molar-refractivity contribution >= 4 is 0 Å². The van der Waals surface area contributed by atoms with Crippen LogP contribution in [0.15, 0.2) is 24.4 Å². The van der Waals surface area contributed by atoms with Gasteiger partial charge in [0.2, 0.25) is 0 Å². The zero-order valence-electron chi connectivity index (χ0n) is 9.24. The summed E-state index contributed by atoms with van der Waals surface area (Å²) in [5.74, 6) is -0.232. The Morgan fingerprint density at radius 3 is 2.88 bits per heavy atom. The maximum absolute atomic E-state index is 13.1. The van der Waals surface area contributed by atoms with E-state index in [9.17, 15) is 4.39 Å². The first-order chi connectivity index (χ1) is 7.72. The fourth-order valence-electron chi connectivity index (χ4n) is 1.68. The summed E-state index contributed by atoms with van der Waals surface area (Å²) in [6.45, 7) is 0.609. The van der Waals surface area contributed by atoms with Crippen molar-refractivity contribution in [1.29, 1.82) is 0 Å². The first-order valence-electron chi connectivity index (χ1n) is 5.00. The van der Waals surface area contributed by atoms with Gasteiger partial charge < -0.3 is 5.32 Å². The molecule has 84 valence electrons. The van der Waals surface area contributed by atoms with E-state index in [1.165, 1.54) is 12.1 Å². The zero-order chi connectivity index (χ0) is 11.5. The maximum Gasteiger partial charge on any atom is 0.123 e. The number of aryl methyl sites for hydroxylation is 1. The predicted octanol–water partition coefficient (Wildman–Crippen LogP) is 1.34. The third-order valence-corrected chi connectivity index (χ3v) is 2.42. The largest absolute Gasteiger partial charge is 0.316 e. The fourth-order valence-corrected chi connectivity index (χ4v) is 1.68. The fraction of sp³-hybridized carbons (Fsp3) is 0.273. The summed E-state index contributed by atoms with van der Waals surface area (Å²) >= 11 is 0. The van der Waals surface area contributed by atoms with Crippen LogP contribution < -0.4 is 5.32 Å². The minimum Gasteiger partial charge on any atom is -0.316 e. The van der Waals surface area contributed by atoms with Gasteiger partial charge in [0.1, 0.15) is 5.82 Å². The second kappa shape index (κ2) is 4.40. The standard InChI is InChI=1S/C11H13FN4/c1-13-6-8-5-9(12)3-4-10(8)11-7-14-15-16(11)2/h3-5,7,13H,6H2,1-2H3. The molecule has 0 saturated carbocycles. The molecule has 2 aromatic rings. The molecule has 1 N–H and O–H groups in total. The lowest BCUT2D eigenvalue weighted by atomic mass is 10.0. The van der Waals surface area contributed by atoms with E-state index in [1.54, 1.807) is 16.9 Å². The minimum atomic E-state index is -0.232. The molecule has 0 aliphatic rings. The quantitative estimate of drug-likeness (QED) is 0.848. The first-order valence-corrected chi connectivity index (χ1v) is 5.00. The van der Waals surface area contributed by atoms with E-state index in [2.05, 4.69) is 15.6 Å². The Morgan fingerprint density at radius 2 is 2.25 bits per heavy atom. The van der Waals surface area contributed by atoms with Gasteiger partial charge in [0, 0.05) is 19.2 Å². The van der Waals surface area contributed by atoms with Crippen LogP contribution in [0.2, 0.25) is 0 Å². The third kappa shape index (κ3) is 1.94. The van der Waals surface area contributed by atoms with Crippen LogP contribution >= 0.6 is 0 Å². The first kappa shape index (κ1) is 10.8. The summed E-state index contributed by atoms with van der Waals surface area (Å²) in [6, 6.07) is 4.72. The van der Waals surface area contributed by atoms with Crippen molar-refractivity contribution in [3.8, 4) is 11.3 Å². The number of benzene rings is 1. The van der Waals surface area contributed by atoms with E-state index in [4.69, 9.17) is 0 Å². The SMILES string of the molecule is CNCc1cc(F)ccc1-c1cnnn1C. The highest BCUT2D eigenvalue weighted by atomic mass is 19.1. The predicted molar refractivity (Wildman–Crippen MR) is 59.2 cm³/mol. The molecule has 1 heterocycles. The summed E-state index contributed by atoms with van der Waals surface area (Å²) < 4.78 is 14.8. The van der Waals surface area contributed by atoms with Crippen molar-refractivity contribution < 1.29 is 4.39 Å². The summed E-state index contributed by atoms with van der Waals surface area (Å²) in [7, 11) is 3.64. The molecule has 0 aliphatic carbocycles. The van der Waals surface area contributed by atoms with E-state index >= 15 is 0 Å². The molecule has 2 rings (SSSR count). The molecule has 4 nitrogen and oxygen atoms in total. The Bertz CT molecular complexity index is 492. The highest BCUT2D eigenvalue weighted by Gasteiger charge is 2.09. The summed E-state index contributed by atoms with van der Waals surface area (Å²) in [4.78, 5) is 0. The van der Waals surface area contributed by atoms with Crippen LogP contribution in [0.25, 0.3) is 11.3 Å². The second-order valence-corrected chi connectivity index (χ2v) is 3.57. The van der Waals surface area contributed by atoms with Crippen LogP contribution in [-0.2, 0) is 13.6 Å². The van der Waals surface area contributed by atoms with Gasteiger partial charge in [0.15, 0.2) is 0 Å². The molecule has 0 fully saturated rings. The molecule has 1 aromatic carbocycles. The molecule has 0 atom stereocenters. The van der Waals surface area contributed by atoms with E-state index in [0.717, 1.165) is 16.8 Å². The van der Waals surface area contributed by atoms with Crippen molar-refractivity contribution in [3.63, 3.8) is 0 Å². The Balaban J connectivity index is 2.51. The number of halogens is 1. The number of nitrogens with one attached hydrogen (secondary N) is 1. The van der Waals surface area contributed by atoms with Gasteiger partial charge in [0.25, 0.3) is 0 Å². The topological polar surface area (TPSA) is 42.7 Å². The number of nitrogens with zero attached hydrogens (tertiary/aromatic N) is 3. The molecule has 0 radical (unpaired) electrons. The van der Waals surface area contributed by atoms with Gasteiger partial charge in [-0.2, -0.15) is 0 Å². The molecule has 0 aliphatic heterocycles. The summed E-state index contributed by atoms with van der Waals surface area (Å²) in [6.07, 6.45) is 1.67. The van der Waals surface area contributed by atoms with Gasteiger partial charge in [0.05, 0.1) is 11.9 Å². The van der Waals surface area contributed by atoms with E-state index in [1.807, 2.05) is 14.1 Å². The lowest BCUT2D eigenvalue weighted by Gasteiger charge is -2.08. The number of hydrogen-bond acceptors (Lipinski definition) is 3. The van der Waals surface area contributed by atoms with Gasteiger partial charge in [-0.1, -0.05) is 5.21 Å². The normalized spacial score (nSPS) is 10.7. The molecule has 0 amide bonds. The van der Waals surface area contributed by atoms with Crippen LogP contribution in [0.3, 0.4) is 0 Å². The molecule has 16 heavy (non-hydrogen) atoms. The van der Waals surface area contributed by atoms with Gasteiger partial charge in [-0.15, -0.1) is 5.10 Å². The van der Waals surface area contributed by atoms with E-state index < -0.39 is 0 Å². The molecule has 1 aromatic heterocycles. The Kier molecular flexibility index (Phi) is 2.96. The van der Waals surface area contributed by atoms with Crippen molar-refractivity contribution in [2.24, 2.45) is 7.05 Å². The summed E-state index contributed by atoms with van der Waals surface area (Å²) in [5, 5.41) is 10.7. The van der Waals surface area contributed by atoms with Gasteiger partial charge in [-0.05, 0) is 30.8 Å². The molecule has 0 spiro atoms. The van der Waals surface area contributed by atoms with Crippen LogP contribution in [0, 0.1) is 5.82 Å². The monoisotopic (exact) mass is 220 g/mol. The molecule has 0 unspecified atom stereocenters. The Morgan fingerprint density at radius 1 is 1.44 bits per heavy atom. The lowest BCUT2D eigenvalue weighted by molar-refractivity contribution is 0.624. The molecule has 5 heteroatoms. The summed E-state index contributed by atoms with van der Waals surface area (Å²) in [5.41, 5.74) is 2.72. The average molecular weight is 220 g/mol. The maximum atomic E-state index is 13.1. The lowest BCUT2D eigenvalue weighted by Crippen LogP contribution is -2.07. The molecular formula is C11H13FN4. The van der Waals surface area contributed by atoms with Crippen LogP contribution in [-0.4, -0.2) is 22.0 Å². The van der Waals surface area contributed by atoms with Crippen molar-refractivity contribution in [1.82, 2.24) is 20.3 Å². The molecular weight excluding hydrogens is 207 g/mol. The zero-order valence-corrected chi connectivity index (χ0v) is 9.24. The second-order valence-electron chi connectivity index (χ2n) is 3.57. The van der Waals surface area contributed by atoms with Crippen LogP contribution in [0.5, 0.6) is 0 Å². The van der Waals surface area contributed by atoms with E-state index in [0.29, 0.717) is 6.54 Å². The van der Waals surface area contributed by atoms with Crippen molar-refractivity contribution in [2.45, 2.75) is 6.54 Å². The Hall–Kier alpha value is -1.75. The highest BCUT2D eigenvalue weighted by Crippen LogP contribution is 2.23. The number of rotatable bonds is 3. The molecule has 0 bridgehead atoms. The van der Waals surface area contributed by atoms with E-state index in [-0.39, 0.29) is 5.82 Å². The molecule has 0 saturated heterocycles. The smallest absolute Gasteiger partial charge is 0.123 e. The van der Waals surface area contributed by atoms with Gasteiger partial charge >= 0.3 is 0 Å². The van der Waals surface area contributed by atoms with Crippen molar-refractivity contribution in [3.05, 3.63) is 35.8 Å². The highest BCUT2D eigenvalue weighted by molar-refractivity contribution is 5.63. The third-order valence-electron chi connectivity index (χ3n) is 2.42. The number of aromatic nitrogens is 3. The average Bonchev–Trinajstić information content (AvgIpc) is 2.65. The van der Waals surface area contributed by atoms with Gasteiger partial charge in [-0.3, -0.25) is 0 Å². The number of hydrogen-bond donors (Lipinski definition) is 1. The minimum absolute atomic E-state index is 0.232. The van der Waals surface area contributed by atoms with Crippen LogP contribution in [0.1, 0.15) is 5.56 Å². The van der Waals surface area contributed by atoms with Crippen LogP contribution in [0.4, 0.5) is 4.39 Å². The van der Waals surface area contributed by atoms with Gasteiger partial charge in [-0.25, -0.2) is 9.07 Å².